The first-order valence-electron chi connectivity index (χ1n) is 11.6. The Labute approximate surface area is 221 Å². The number of sulfone groups is 1. The number of carbonyl (C=O) groups excluding carboxylic acids is 1. The van der Waals surface area contributed by atoms with Crippen molar-refractivity contribution in [2.75, 3.05) is 12.9 Å². The van der Waals surface area contributed by atoms with E-state index >= 15 is 0 Å². The largest absolute Gasteiger partial charge is 0.487 e. The summed E-state index contributed by atoms with van der Waals surface area (Å²) in [5, 5.41) is 2.87. The van der Waals surface area contributed by atoms with Crippen LogP contribution in [0.15, 0.2) is 73.2 Å². The minimum absolute atomic E-state index is 0.0579. The summed E-state index contributed by atoms with van der Waals surface area (Å²) in [6.07, 6.45) is 9.91. The minimum atomic E-state index is -3.12. The summed E-state index contributed by atoms with van der Waals surface area (Å²) in [6, 6.07) is 11.9. The van der Waals surface area contributed by atoms with Crippen molar-refractivity contribution in [1.82, 2.24) is 14.9 Å². The van der Waals surface area contributed by atoms with Gasteiger partial charge in [0.15, 0.2) is 9.84 Å². The van der Waals surface area contributed by atoms with Crippen LogP contribution in [0.5, 0.6) is 5.75 Å². The van der Waals surface area contributed by atoms with Gasteiger partial charge in [0.25, 0.3) is 0 Å². The summed E-state index contributed by atoms with van der Waals surface area (Å²) in [4.78, 5) is 16.2. The quantitative estimate of drug-likeness (QED) is 0.242. The van der Waals surface area contributed by atoms with E-state index in [0.29, 0.717) is 23.8 Å². The van der Waals surface area contributed by atoms with E-state index in [9.17, 15) is 17.6 Å². The second-order valence-corrected chi connectivity index (χ2v) is 11.2. The van der Waals surface area contributed by atoms with Crippen LogP contribution in [0.3, 0.4) is 0 Å². The number of ether oxygens (including phenoxy) is 1. The van der Waals surface area contributed by atoms with Crippen molar-refractivity contribution in [2.45, 2.75) is 31.6 Å². The van der Waals surface area contributed by atoms with Gasteiger partial charge in [0.1, 0.15) is 29.8 Å². The van der Waals surface area contributed by atoms with Gasteiger partial charge in [0.05, 0.1) is 0 Å². The predicted octanol–water partition coefficient (Wildman–Crippen LogP) is 4.97. The van der Waals surface area contributed by atoms with Crippen molar-refractivity contribution >= 4 is 33.4 Å². The van der Waals surface area contributed by atoms with Crippen molar-refractivity contribution in [3.63, 3.8) is 0 Å². The van der Waals surface area contributed by atoms with Crippen LogP contribution >= 0.6 is 11.6 Å². The molecule has 0 aliphatic rings. The van der Waals surface area contributed by atoms with E-state index in [2.05, 4.69) is 16.9 Å². The SMILES string of the molecule is C=C(COc1ccc(CCCCn2ccnc2CS(C)(=O)=O)cc1)NC(=O)/C=C/c1ccc(Cl)cc1F. The Kier molecular flexibility index (Phi) is 10.0. The van der Waals surface area contributed by atoms with E-state index in [1.807, 2.05) is 28.8 Å². The summed E-state index contributed by atoms with van der Waals surface area (Å²) < 4.78 is 44.4. The third-order valence-corrected chi connectivity index (χ3v) is 6.34. The molecular weight excluding hydrogens is 517 g/mol. The van der Waals surface area contributed by atoms with Gasteiger partial charge >= 0.3 is 0 Å². The molecule has 0 atom stereocenters. The number of amides is 1. The molecule has 10 heteroatoms. The van der Waals surface area contributed by atoms with E-state index in [-0.39, 0.29) is 22.9 Å². The van der Waals surface area contributed by atoms with Crippen LogP contribution in [0.1, 0.15) is 29.8 Å². The molecule has 0 saturated carbocycles. The molecule has 0 bridgehead atoms. The molecule has 0 radical (unpaired) electrons. The number of aryl methyl sites for hydroxylation is 2. The third kappa shape index (κ3) is 9.86. The summed E-state index contributed by atoms with van der Waals surface area (Å²) in [7, 11) is -3.12. The normalized spacial score (nSPS) is 11.5. The van der Waals surface area contributed by atoms with Crippen LogP contribution in [-0.4, -0.2) is 36.7 Å². The number of hydrogen-bond donors (Lipinski definition) is 1. The first-order valence-corrected chi connectivity index (χ1v) is 14.0. The number of rotatable bonds is 13. The first kappa shape index (κ1) is 28.1. The standard InChI is InChI=1S/C27H29ClFN3O4S/c1-20(31-27(33)13-9-22-8-10-23(28)17-25(22)29)18-36-24-11-6-21(7-12-24)5-3-4-15-32-16-14-30-26(32)19-37(2,34)35/h6-14,16-17H,1,3-5,15,18-19H2,2H3,(H,31,33)/b13-9+. The Morgan fingerprint density at radius 2 is 1.97 bits per heavy atom. The molecule has 0 unspecified atom stereocenters. The highest BCUT2D eigenvalue weighted by molar-refractivity contribution is 7.89. The van der Waals surface area contributed by atoms with Gasteiger partial charge in [-0.2, -0.15) is 0 Å². The molecule has 3 aromatic rings. The molecule has 0 saturated heterocycles. The maximum absolute atomic E-state index is 13.8. The Morgan fingerprint density at radius 3 is 2.68 bits per heavy atom. The Balaban J connectivity index is 1.37. The topological polar surface area (TPSA) is 90.3 Å². The zero-order chi connectivity index (χ0) is 26.8. The summed E-state index contributed by atoms with van der Waals surface area (Å²) in [5.74, 6) is 0.184. The third-order valence-electron chi connectivity index (χ3n) is 5.32. The zero-order valence-corrected chi connectivity index (χ0v) is 22.1. The number of nitrogens with one attached hydrogen (secondary N) is 1. The average molecular weight is 546 g/mol. The van der Waals surface area contributed by atoms with Crippen molar-refractivity contribution in [1.29, 1.82) is 0 Å². The molecule has 0 spiro atoms. The van der Waals surface area contributed by atoms with Crippen LogP contribution in [0.25, 0.3) is 6.08 Å². The van der Waals surface area contributed by atoms with Gasteiger partial charge < -0.3 is 14.6 Å². The lowest BCUT2D eigenvalue weighted by Gasteiger charge is -2.10. The molecule has 2 aromatic carbocycles. The zero-order valence-electron chi connectivity index (χ0n) is 20.5. The van der Waals surface area contributed by atoms with Crippen LogP contribution in [0.4, 0.5) is 4.39 Å². The summed E-state index contributed by atoms with van der Waals surface area (Å²) >= 11 is 5.72. The Bertz CT molecular complexity index is 1370. The highest BCUT2D eigenvalue weighted by Crippen LogP contribution is 2.17. The Hall–Kier alpha value is -3.43. The molecule has 1 N–H and O–H groups in total. The molecule has 1 amide bonds. The maximum atomic E-state index is 13.8. The monoisotopic (exact) mass is 545 g/mol. The van der Waals surface area contributed by atoms with E-state index < -0.39 is 21.6 Å². The lowest BCUT2D eigenvalue weighted by molar-refractivity contribution is -0.115. The average Bonchev–Trinajstić information content (AvgIpc) is 3.25. The number of carbonyl (C=O) groups is 1. The van der Waals surface area contributed by atoms with E-state index in [1.54, 1.807) is 18.5 Å². The smallest absolute Gasteiger partial charge is 0.248 e. The number of halogens is 2. The number of aromatic nitrogens is 2. The maximum Gasteiger partial charge on any atom is 0.248 e. The number of benzene rings is 2. The fourth-order valence-corrected chi connectivity index (χ4v) is 4.37. The molecule has 1 heterocycles. The van der Waals surface area contributed by atoms with Crippen molar-refractivity contribution < 1.29 is 22.3 Å². The molecule has 1 aromatic heterocycles. The van der Waals surface area contributed by atoms with Gasteiger partial charge in [-0.25, -0.2) is 17.8 Å². The first-order chi connectivity index (χ1) is 17.6. The molecule has 0 aliphatic heterocycles. The van der Waals surface area contributed by atoms with Crippen LogP contribution in [0, 0.1) is 5.82 Å². The van der Waals surface area contributed by atoms with E-state index in [4.69, 9.17) is 16.3 Å². The van der Waals surface area contributed by atoms with Gasteiger partial charge in [0.2, 0.25) is 5.91 Å². The second kappa shape index (κ2) is 13.2. The number of hydrogen-bond acceptors (Lipinski definition) is 5. The van der Waals surface area contributed by atoms with Crippen molar-refractivity contribution in [3.8, 4) is 5.75 Å². The molecule has 37 heavy (non-hydrogen) atoms. The lowest BCUT2D eigenvalue weighted by Crippen LogP contribution is -2.23. The van der Waals surface area contributed by atoms with Gasteiger partial charge in [-0.05, 0) is 55.2 Å². The molecule has 7 nitrogen and oxygen atoms in total. The number of imidazole rings is 1. The minimum Gasteiger partial charge on any atom is -0.487 e. The summed E-state index contributed by atoms with van der Waals surface area (Å²) in [6.45, 7) is 4.59. The van der Waals surface area contributed by atoms with Crippen molar-refractivity contribution in [2.24, 2.45) is 0 Å². The molecule has 0 aliphatic carbocycles. The molecule has 196 valence electrons. The Morgan fingerprint density at radius 1 is 1.22 bits per heavy atom. The van der Waals surface area contributed by atoms with Gasteiger partial charge in [0, 0.05) is 47.6 Å². The fraction of sp³-hybridized carbons (Fsp3) is 0.259. The van der Waals surface area contributed by atoms with Crippen LogP contribution in [0.2, 0.25) is 5.02 Å². The van der Waals surface area contributed by atoms with Crippen LogP contribution < -0.4 is 10.1 Å². The molecule has 0 fully saturated rings. The van der Waals surface area contributed by atoms with Gasteiger partial charge in [-0.15, -0.1) is 0 Å². The van der Waals surface area contributed by atoms with E-state index in [0.717, 1.165) is 24.8 Å². The number of unbranched alkanes of at least 4 members (excludes halogenated alkanes) is 1. The number of nitrogens with zero attached hydrogens (tertiary/aromatic N) is 2. The fourth-order valence-electron chi connectivity index (χ4n) is 3.51. The summed E-state index contributed by atoms with van der Waals surface area (Å²) in [5.41, 5.74) is 1.77. The highest BCUT2D eigenvalue weighted by atomic mass is 35.5. The van der Waals surface area contributed by atoms with Gasteiger partial charge in [-0.3, -0.25) is 4.79 Å². The van der Waals surface area contributed by atoms with Crippen LogP contribution in [-0.2, 0) is 33.4 Å². The lowest BCUT2D eigenvalue weighted by atomic mass is 10.1. The molecular formula is C27H29ClFN3O4S. The predicted molar refractivity (Wildman–Crippen MR) is 143 cm³/mol. The highest BCUT2D eigenvalue weighted by Gasteiger charge is 2.10. The van der Waals surface area contributed by atoms with E-state index in [1.165, 1.54) is 30.5 Å². The molecule has 3 rings (SSSR count). The second-order valence-electron chi connectivity index (χ2n) is 8.59. The van der Waals surface area contributed by atoms with Gasteiger partial charge in [-0.1, -0.05) is 36.4 Å². The van der Waals surface area contributed by atoms with Crippen molar-refractivity contribution in [3.05, 3.63) is 101 Å².